The van der Waals surface area contributed by atoms with Crippen molar-refractivity contribution in [3.8, 4) is 11.8 Å². The molecule has 0 amide bonds. The first-order valence-corrected chi connectivity index (χ1v) is 7.36. The number of benzene rings is 2. The molecule has 2 rings (SSSR count). The van der Waals surface area contributed by atoms with Crippen LogP contribution in [0.1, 0.15) is 15.9 Å². The largest absolute Gasteiger partial charge is 0.497 e. The molecule has 0 aliphatic carbocycles. The van der Waals surface area contributed by atoms with Crippen molar-refractivity contribution in [2.45, 2.75) is 0 Å². The Kier molecular flexibility index (Phi) is 6.17. The summed E-state index contributed by atoms with van der Waals surface area (Å²) in [7, 11) is 1.51. The van der Waals surface area contributed by atoms with Crippen molar-refractivity contribution in [1.82, 2.24) is 0 Å². The number of carbonyl (C=O) groups is 2. The molecule has 0 heterocycles. The third-order valence-electron chi connectivity index (χ3n) is 3.34. The summed E-state index contributed by atoms with van der Waals surface area (Å²) in [6.45, 7) is -0.703. The van der Waals surface area contributed by atoms with E-state index in [1.54, 1.807) is 30.3 Å². The number of ketones is 1. The highest BCUT2D eigenvalue weighted by Gasteiger charge is 2.15. The normalized spacial score (nSPS) is 10.8. The van der Waals surface area contributed by atoms with Gasteiger partial charge in [0, 0.05) is 5.56 Å². The second kappa shape index (κ2) is 8.53. The van der Waals surface area contributed by atoms with Crippen LogP contribution >= 0.6 is 0 Å². The number of methoxy groups -OCH3 is 1. The third kappa shape index (κ3) is 4.74. The van der Waals surface area contributed by atoms with Crippen LogP contribution in [-0.2, 0) is 9.53 Å². The molecule has 0 N–H and O–H groups in total. The Morgan fingerprint density at radius 2 is 1.81 bits per heavy atom. The zero-order chi connectivity index (χ0) is 19.1. The van der Waals surface area contributed by atoms with Crippen LogP contribution in [0.2, 0.25) is 0 Å². The van der Waals surface area contributed by atoms with Crippen LogP contribution in [0.25, 0.3) is 6.08 Å². The smallest absolute Gasteiger partial charge is 0.349 e. The zero-order valence-electron chi connectivity index (χ0n) is 13.7. The Hall–Kier alpha value is -3.53. The van der Waals surface area contributed by atoms with Crippen LogP contribution in [0, 0.1) is 23.0 Å². The maximum Gasteiger partial charge on any atom is 0.349 e. The first-order chi connectivity index (χ1) is 12.4. The van der Waals surface area contributed by atoms with Crippen LogP contribution in [0.5, 0.6) is 5.75 Å². The molecule has 2 aromatic carbocycles. The molecule has 0 fully saturated rings. The minimum atomic E-state index is -1.18. The van der Waals surface area contributed by atoms with E-state index in [9.17, 15) is 18.4 Å². The van der Waals surface area contributed by atoms with Crippen molar-refractivity contribution in [3.05, 3.63) is 70.8 Å². The van der Waals surface area contributed by atoms with Gasteiger partial charge in [-0.3, -0.25) is 4.79 Å². The van der Waals surface area contributed by atoms with Gasteiger partial charge in [-0.1, -0.05) is 12.1 Å². The Morgan fingerprint density at radius 1 is 1.12 bits per heavy atom. The van der Waals surface area contributed by atoms with Crippen LogP contribution in [-0.4, -0.2) is 25.5 Å². The molecule has 0 bridgehead atoms. The number of hydrogen-bond acceptors (Lipinski definition) is 5. The lowest BCUT2D eigenvalue weighted by molar-refractivity contribution is -0.137. The Balaban J connectivity index is 2.04. The van der Waals surface area contributed by atoms with Crippen molar-refractivity contribution in [2.75, 3.05) is 13.7 Å². The predicted octanol–water partition coefficient (Wildman–Crippen LogP) is 3.31. The Labute approximate surface area is 148 Å². The van der Waals surface area contributed by atoms with Gasteiger partial charge < -0.3 is 9.47 Å². The average Bonchev–Trinajstić information content (AvgIpc) is 2.66. The molecule has 2 aromatic rings. The van der Waals surface area contributed by atoms with Gasteiger partial charge in [-0.25, -0.2) is 13.6 Å². The summed E-state index contributed by atoms with van der Waals surface area (Å²) in [5.41, 5.74) is 0.105. The summed E-state index contributed by atoms with van der Waals surface area (Å²) < 4.78 is 35.8. The topological polar surface area (TPSA) is 76.4 Å². The SMILES string of the molecule is COc1ccc(/C=C(\C#N)C(=O)OCC(=O)c2ccc(F)c(F)c2)cc1. The van der Waals surface area contributed by atoms with E-state index >= 15 is 0 Å². The molecule has 0 saturated heterocycles. The van der Waals surface area contributed by atoms with Gasteiger partial charge in [0.15, 0.2) is 24.0 Å². The van der Waals surface area contributed by atoms with Crippen LogP contribution in [0.4, 0.5) is 8.78 Å². The summed E-state index contributed by atoms with van der Waals surface area (Å²) in [5.74, 6) is -3.38. The quantitative estimate of drug-likeness (QED) is 0.343. The molecule has 0 spiro atoms. The minimum absolute atomic E-state index is 0.144. The summed E-state index contributed by atoms with van der Waals surface area (Å²) in [6.07, 6.45) is 1.30. The molecule has 5 nitrogen and oxygen atoms in total. The van der Waals surface area contributed by atoms with Gasteiger partial charge in [-0.15, -0.1) is 0 Å². The van der Waals surface area contributed by atoms with Gasteiger partial charge in [0.05, 0.1) is 7.11 Å². The van der Waals surface area contributed by atoms with E-state index in [4.69, 9.17) is 14.7 Å². The predicted molar refractivity (Wildman–Crippen MR) is 88.2 cm³/mol. The van der Waals surface area contributed by atoms with Crippen LogP contribution in [0.15, 0.2) is 48.0 Å². The Morgan fingerprint density at radius 3 is 2.38 bits per heavy atom. The van der Waals surface area contributed by atoms with E-state index in [0.717, 1.165) is 12.1 Å². The standard InChI is InChI=1S/C19H13F2NO4/c1-25-15-5-2-12(3-6-15)8-14(10-22)19(24)26-11-18(23)13-4-7-16(20)17(21)9-13/h2-9H,11H2,1H3/b14-8+. The van der Waals surface area contributed by atoms with Gasteiger partial charge in [-0.2, -0.15) is 5.26 Å². The lowest BCUT2D eigenvalue weighted by Crippen LogP contribution is -2.15. The third-order valence-corrected chi connectivity index (χ3v) is 3.34. The molecule has 132 valence electrons. The van der Waals surface area contributed by atoms with E-state index in [1.807, 2.05) is 0 Å². The summed E-state index contributed by atoms with van der Waals surface area (Å²) >= 11 is 0. The second-order valence-corrected chi connectivity index (χ2v) is 5.07. The fourth-order valence-electron chi connectivity index (χ4n) is 1.97. The molecular weight excluding hydrogens is 344 g/mol. The highest BCUT2D eigenvalue weighted by molar-refractivity contribution is 6.01. The molecule has 0 saturated carbocycles. The van der Waals surface area contributed by atoms with E-state index < -0.39 is 30.0 Å². The first-order valence-electron chi connectivity index (χ1n) is 7.36. The van der Waals surface area contributed by atoms with Crippen molar-refractivity contribution in [1.29, 1.82) is 5.26 Å². The molecule has 0 radical (unpaired) electrons. The highest BCUT2D eigenvalue weighted by Crippen LogP contribution is 2.15. The van der Waals surface area contributed by atoms with Crippen molar-refractivity contribution in [2.24, 2.45) is 0 Å². The fraction of sp³-hybridized carbons (Fsp3) is 0.105. The molecule has 0 unspecified atom stereocenters. The number of rotatable bonds is 6. The van der Waals surface area contributed by atoms with Crippen molar-refractivity contribution >= 4 is 17.8 Å². The number of nitriles is 1. The monoisotopic (exact) mass is 357 g/mol. The van der Waals surface area contributed by atoms with Crippen molar-refractivity contribution in [3.63, 3.8) is 0 Å². The van der Waals surface area contributed by atoms with Gasteiger partial charge in [0.2, 0.25) is 0 Å². The van der Waals surface area contributed by atoms with Crippen LogP contribution in [0.3, 0.4) is 0 Å². The summed E-state index contributed by atoms with van der Waals surface area (Å²) in [6, 6.07) is 10.9. The summed E-state index contributed by atoms with van der Waals surface area (Å²) in [5, 5.41) is 9.09. The minimum Gasteiger partial charge on any atom is -0.497 e. The van der Waals surface area contributed by atoms with E-state index in [2.05, 4.69) is 0 Å². The lowest BCUT2D eigenvalue weighted by atomic mass is 10.1. The van der Waals surface area contributed by atoms with Gasteiger partial charge in [-0.05, 0) is 42.0 Å². The summed E-state index contributed by atoms with van der Waals surface area (Å²) in [4.78, 5) is 23.8. The molecule has 0 aliphatic rings. The molecule has 0 atom stereocenters. The maximum atomic E-state index is 13.1. The number of Topliss-reactive ketones (excluding diaryl/α,β-unsaturated/α-hetero) is 1. The number of hydrogen-bond donors (Lipinski definition) is 0. The molecule has 7 heteroatoms. The van der Waals surface area contributed by atoms with Gasteiger partial charge >= 0.3 is 5.97 Å². The van der Waals surface area contributed by atoms with Gasteiger partial charge in [0.1, 0.15) is 17.4 Å². The molecule has 0 aliphatic heterocycles. The fourth-order valence-corrected chi connectivity index (χ4v) is 1.97. The van der Waals surface area contributed by atoms with Gasteiger partial charge in [0.25, 0.3) is 0 Å². The molecule has 26 heavy (non-hydrogen) atoms. The maximum absolute atomic E-state index is 13.1. The number of esters is 1. The van der Waals surface area contributed by atoms with E-state index in [1.165, 1.54) is 13.2 Å². The Bertz CT molecular complexity index is 899. The van der Waals surface area contributed by atoms with E-state index in [-0.39, 0.29) is 11.1 Å². The number of ether oxygens (including phenoxy) is 2. The number of carbonyl (C=O) groups excluding carboxylic acids is 2. The zero-order valence-corrected chi connectivity index (χ0v) is 13.7. The highest BCUT2D eigenvalue weighted by atomic mass is 19.2. The van der Waals surface area contributed by atoms with Crippen LogP contribution < -0.4 is 4.74 Å². The molecular formula is C19H13F2NO4. The average molecular weight is 357 g/mol. The van der Waals surface area contributed by atoms with Crippen molar-refractivity contribution < 1.29 is 27.8 Å². The van der Waals surface area contributed by atoms with E-state index in [0.29, 0.717) is 17.4 Å². The number of halogens is 2. The molecule has 0 aromatic heterocycles. The second-order valence-electron chi connectivity index (χ2n) is 5.07. The number of nitrogens with zero attached hydrogens (tertiary/aromatic N) is 1. The first kappa shape index (κ1) is 18.8. The lowest BCUT2D eigenvalue weighted by Gasteiger charge is -2.04.